The topological polar surface area (TPSA) is 35.2 Å². The van der Waals surface area contributed by atoms with Crippen molar-refractivity contribution in [3.05, 3.63) is 29.8 Å². The van der Waals surface area contributed by atoms with Gasteiger partial charge in [-0.3, -0.25) is 0 Å². The molecule has 1 aromatic rings. The number of rotatable bonds is 4. The van der Waals surface area contributed by atoms with E-state index in [0.29, 0.717) is 19.1 Å². The van der Waals surface area contributed by atoms with Crippen molar-refractivity contribution in [2.24, 2.45) is 5.73 Å². The fourth-order valence-corrected chi connectivity index (χ4v) is 2.35. The van der Waals surface area contributed by atoms with Crippen LogP contribution in [0.1, 0.15) is 37.2 Å². The van der Waals surface area contributed by atoms with Gasteiger partial charge in [-0.15, -0.1) is 0 Å². The molecule has 15 heavy (non-hydrogen) atoms. The van der Waals surface area contributed by atoms with Crippen LogP contribution in [-0.4, -0.2) is 13.2 Å². The lowest BCUT2D eigenvalue weighted by Gasteiger charge is -2.15. The molecule has 0 amide bonds. The molecule has 1 saturated carbocycles. The molecule has 1 fully saturated rings. The van der Waals surface area contributed by atoms with Gasteiger partial charge < -0.3 is 10.5 Å². The zero-order valence-corrected chi connectivity index (χ0v) is 9.11. The van der Waals surface area contributed by atoms with Crippen LogP contribution in [0.2, 0.25) is 0 Å². The zero-order chi connectivity index (χ0) is 10.5. The molecule has 0 bridgehead atoms. The molecule has 0 atom stereocenters. The van der Waals surface area contributed by atoms with Crippen molar-refractivity contribution in [2.45, 2.75) is 31.6 Å². The second kappa shape index (κ2) is 5.17. The number of hydrogen-bond acceptors (Lipinski definition) is 2. The first-order valence-electron chi connectivity index (χ1n) is 5.83. The van der Waals surface area contributed by atoms with E-state index in [9.17, 15) is 0 Å². The van der Waals surface area contributed by atoms with Crippen molar-refractivity contribution in [1.29, 1.82) is 0 Å². The van der Waals surface area contributed by atoms with Gasteiger partial charge in [-0.05, 0) is 30.4 Å². The van der Waals surface area contributed by atoms with E-state index in [2.05, 4.69) is 18.2 Å². The van der Waals surface area contributed by atoms with Crippen LogP contribution in [0.25, 0.3) is 0 Å². The molecule has 0 radical (unpaired) electrons. The van der Waals surface area contributed by atoms with Crippen LogP contribution in [0.4, 0.5) is 0 Å². The average Bonchev–Trinajstić information content (AvgIpc) is 2.80. The molecule has 0 heterocycles. The molecule has 0 aromatic heterocycles. The Balaban J connectivity index is 2.13. The molecule has 0 saturated heterocycles. The third-order valence-electron chi connectivity index (χ3n) is 3.09. The van der Waals surface area contributed by atoms with Crippen LogP contribution in [-0.2, 0) is 0 Å². The van der Waals surface area contributed by atoms with Crippen molar-refractivity contribution in [3.63, 3.8) is 0 Å². The van der Waals surface area contributed by atoms with Gasteiger partial charge in [0.1, 0.15) is 12.4 Å². The predicted octanol–water partition coefficient (Wildman–Crippen LogP) is 2.68. The van der Waals surface area contributed by atoms with E-state index in [4.69, 9.17) is 10.5 Å². The molecule has 0 aliphatic heterocycles. The van der Waals surface area contributed by atoms with Gasteiger partial charge in [0.05, 0.1) is 0 Å². The van der Waals surface area contributed by atoms with Gasteiger partial charge in [-0.2, -0.15) is 0 Å². The number of benzene rings is 1. The first kappa shape index (κ1) is 10.5. The van der Waals surface area contributed by atoms with Crippen LogP contribution in [0, 0.1) is 0 Å². The minimum atomic E-state index is 0.582. The zero-order valence-electron chi connectivity index (χ0n) is 9.11. The van der Waals surface area contributed by atoms with Crippen LogP contribution in [0.5, 0.6) is 5.75 Å². The first-order valence-corrected chi connectivity index (χ1v) is 5.83. The highest BCUT2D eigenvalue weighted by atomic mass is 16.5. The maximum atomic E-state index is 5.67. The van der Waals surface area contributed by atoms with E-state index in [-0.39, 0.29) is 0 Å². The van der Waals surface area contributed by atoms with Gasteiger partial charge in [-0.1, -0.05) is 31.0 Å². The largest absolute Gasteiger partial charge is 0.492 e. The predicted molar refractivity (Wildman–Crippen MR) is 62.2 cm³/mol. The second-order valence-electron chi connectivity index (χ2n) is 4.16. The van der Waals surface area contributed by atoms with Crippen molar-refractivity contribution < 1.29 is 4.74 Å². The monoisotopic (exact) mass is 205 g/mol. The summed E-state index contributed by atoms with van der Waals surface area (Å²) in [5, 5.41) is 0. The quantitative estimate of drug-likeness (QED) is 0.820. The Morgan fingerprint density at radius 3 is 2.67 bits per heavy atom. The minimum Gasteiger partial charge on any atom is -0.492 e. The van der Waals surface area contributed by atoms with Crippen molar-refractivity contribution in [1.82, 2.24) is 0 Å². The van der Waals surface area contributed by atoms with E-state index in [1.54, 1.807) is 0 Å². The van der Waals surface area contributed by atoms with Gasteiger partial charge in [0, 0.05) is 6.54 Å². The highest BCUT2D eigenvalue weighted by Gasteiger charge is 2.19. The summed E-state index contributed by atoms with van der Waals surface area (Å²) < 4.78 is 5.67. The summed E-state index contributed by atoms with van der Waals surface area (Å²) in [5.41, 5.74) is 6.83. The molecule has 2 heteroatoms. The number of nitrogens with two attached hydrogens (primary N) is 1. The highest BCUT2D eigenvalue weighted by molar-refractivity contribution is 5.36. The fraction of sp³-hybridized carbons (Fsp3) is 0.538. The summed E-state index contributed by atoms with van der Waals surface area (Å²) in [6, 6.07) is 8.39. The number of ether oxygens (including phenoxy) is 1. The SMILES string of the molecule is NCCOc1ccccc1C1CCCC1. The molecule has 2 rings (SSSR count). The van der Waals surface area contributed by atoms with Crippen LogP contribution >= 0.6 is 0 Å². The van der Waals surface area contributed by atoms with Crippen molar-refractivity contribution in [2.75, 3.05) is 13.2 Å². The van der Waals surface area contributed by atoms with E-state index in [1.807, 2.05) is 6.07 Å². The average molecular weight is 205 g/mol. The van der Waals surface area contributed by atoms with Gasteiger partial charge in [0.25, 0.3) is 0 Å². The van der Waals surface area contributed by atoms with Crippen molar-refractivity contribution >= 4 is 0 Å². The summed E-state index contributed by atoms with van der Waals surface area (Å²) in [7, 11) is 0. The lowest BCUT2D eigenvalue weighted by atomic mass is 9.97. The third-order valence-corrected chi connectivity index (χ3v) is 3.09. The molecular formula is C13H19NO. The third kappa shape index (κ3) is 2.51. The molecule has 1 aliphatic rings. The second-order valence-corrected chi connectivity index (χ2v) is 4.16. The summed E-state index contributed by atoms with van der Waals surface area (Å²) in [4.78, 5) is 0. The molecule has 0 spiro atoms. The van der Waals surface area contributed by atoms with Crippen molar-refractivity contribution in [3.8, 4) is 5.75 Å². The van der Waals surface area contributed by atoms with Crippen LogP contribution in [0.3, 0.4) is 0 Å². The first-order chi connectivity index (χ1) is 7.42. The molecular weight excluding hydrogens is 186 g/mol. The normalized spacial score (nSPS) is 16.9. The molecule has 1 aromatic carbocycles. The van der Waals surface area contributed by atoms with Gasteiger partial charge in [0.2, 0.25) is 0 Å². The fourth-order valence-electron chi connectivity index (χ4n) is 2.35. The summed E-state index contributed by atoms with van der Waals surface area (Å²) in [6.45, 7) is 1.20. The minimum absolute atomic E-state index is 0.582. The smallest absolute Gasteiger partial charge is 0.122 e. The molecule has 2 N–H and O–H groups in total. The van der Waals surface area contributed by atoms with Crippen LogP contribution < -0.4 is 10.5 Å². The Labute approximate surface area is 91.4 Å². The van der Waals surface area contributed by atoms with E-state index in [1.165, 1.54) is 31.2 Å². The van der Waals surface area contributed by atoms with E-state index >= 15 is 0 Å². The Morgan fingerprint density at radius 2 is 1.93 bits per heavy atom. The molecule has 1 aliphatic carbocycles. The lowest BCUT2D eigenvalue weighted by molar-refractivity contribution is 0.322. The maximum Gasteiger partial charge on any atom is 0.122 e. The Morgan fingerprint density at radius 1 is 1.20 bits per heavy atom. The Hall–Kier alpha value is -1.02. The van der Waals surface area contributed by atoms with Gasteiger partial charge in [-0.25, -0.2) is 0 Å². The number of para-hydroxylation sites is 1. The van der Waals surface area contributed by atoms with Crippen LogP contribution in [0.15, 0.2) is 24.3 Å². The summed E-state index contributed by atoms with van der Waals surface area (Å²) in [5.74, 6) is 1.74. The molecule has 0 unspecified atom stereocenters. The van der Waals surface area contributed by atoms with Gasteiger partial charge in [0.15, 0.2) is 0 Å². The standard InChI is InChI=1S/C13H19NO/c14-9-10-15-13-8-4-3-7-12(13)11-5-1-2-6-11/h3-4,7-8,11H,1-2,5-6,9-10,14H2. The van der Waals surface area contributed by atoms with Gasteiger partial charge >= 0.3 is 0 Å². The number of hydrogen-bond donors (Lipinski definition) is 1. The van der Waals surface area contributed by atoms with E-state index in [0.717, 1.165) is 5.75 Å². The summed E-state index contributed by atoms with van der Waals surface area (Å²) in [6.07, 6.45) is 5.33. The lowest BCUT2D eigenvalue weighted by Crippen LogP contribution is -2.11. The molecule has 2 nitrogen and oxygen atoms in total. The molecule has 82 valence electrons. The highest BCUT2D eigenvalue weighted by Crippen LogP contribution is 2.38. The van der Waals surface area contributed by atoms with E-state index < -0.39 is 0 Å². The maximum absolute atomic E-state index is 5.67. The Kier molecular flexibility index (Phi) is 3.62. The summed E-state index contributed by atoms with van der Waals surface area (Å²) >= 11 is 0. The Bertz CT molecular complexity index is 305.